The van der Waals surface area contributed by atoms with Crippen molar-refractivity contribution in [1.29, 1.82) is 0 Å². The molecule has 0 N–H and O–H groups in total. The van der Waals surface area contributed by atoms with Crippen molar-refractivity contribution in [1.82, 2.24) is 14.9 Å². The number of aromatic nitrogens is 2. The fourth-order valence-electron chi connectivity index (χ4n) is 3.19. The van der Waals surface area contributed by atoms with Gasteiger partial charge in [-0.3, -0.25) is 9.69 Å². The Balaban J connectivity index is 1.29. The van der Waals surface area contributed by atoms with Crippen LogP contribution in [0.25, 0.3) is 0 Å². The van der Waals surface area contributed by atoms with E-state index in [1.54, 1.807) is 12.4 Å². The van der Waals surface area contributed by atoms with Gasteiger partial charge in [0.25, 0.3) is 0 Å². The van der Waals surface area contributed by atoms with Crippen LogP contribution >= 0.6 is 0 Å². The quantitative estimate of drug-likeness (QED) is 0.501. The lowest BCUT2D eigenvalue weighted by Gasteiger charge is -2.34. The highest BCUT2D eigenvalue weighted by Crippen LogP contribution is 2.14. The molecule has 1 saturated heterocycles. The molecule has 0 spiro atoms. The Morgan fingerprint density at radius 2 is 1.74 bits per heavy atom. The molecule has 3 rings (SSSR count). The van der Waals surface area contributed by atoms with Crippen LogP contribution in [0.3, 0.4) is 0 Å². The first-order chi connectivity index (χ1) is 13.3. The van der Waals surface area contributed by atoms with Crippen LogP contribution < -0.4 is 9.64 Å². The number of benzene rings is 1. The number of carbonyl (C=O) groups excluding carboxylic acids is 1. The molecular formula is C21H28N4O2. The summed E-state index contributed by atoms with van der Waals surface area (Å²) in [7, 11) is 0. The first-order valence-electron chi connectivity index (χ1n) is 9.76. The molecule has 6 nitrogen and oxygen atoms in total. The maximum atomic E-state index is 11.6. The summed E-state index contributed by atoms with van der Waals surface area (Å²) in [5, 5.41) is 0. The molecule has 1 aromatic heterocycles. The van der Waals surface area contributed by atoms with Crippen molar-refractivity contribution < 1.29 is 9.53 Å². The zero-order valence-electron chi connectivity index (χ0n) is 16.0. The SMILES string of the molecule is CCC(=O)c1ccc(OCCCCN2CCN(c3ncccn3)CC2)cc1. The van der Waals surface area contributed by atoms with Gasteiger partial charge < -0.3 is 9.64 Å². The van der Waals surface area contributed by atoms with E-state index in [-0.39, 0.29) is 5.78 Å². The number of ketones is 1. The number of Topliss-reactive ketones (excluding diaryl/α,β-unsaturated/α-hetero) is 1. The number of hydrogen-bond donors (Lipinski definition) is 0. The van der Waals surface area contributed by atoms with E-state index in [2.05, 4.69) is 19.8 Å². The van der Waals surface area contributed by atoms with Crippen molar-refractivity contribution in [2.45, 2.75) is 26.2 Å². The number of ether oxygens (including phenoxy) is 1. The molecule has 27 heavy (non-hydrogen) atoms. The Morgan fingerprint density at radius 3 is 2.41 bits per heavy atom. The number of nitrogens with zero attached hydrogens (tertiary/aromatic N) is 4. The third-order valence-electron chi connectivity index (χ3n) is 4.84. The van der Waals surface area contributed by atoms with Gasteiger partial charge in [-0.05, 0) is 49.7 Å². The number of unbranched alkanes of at least 4 members (excludes halogenated alkanes) is 1. The molecule has 0 saturated carbocycles. The van der Waals surface area contributed by atoms with Crippen molar-refractivity contribution >= 4 is 11.7 Å². The highest BCUT2D eigenvalue weighted by atomic mass is 16.5. The fourth-order valence-corrected chi connectivity index (χ4v) is 3.19. The number of hydrogen-bond acceptors (Lipinski definition) is 6. The van der Waals surface area contributed by atoms with E-state index < -0.39 is 0 Å². The summed E-state index contributed by atoms with van der Waals surface area (Å²) in [6.07, 6.45) is 6.27. The minimum absolute atomic E-state index is 0.167. The molecular weight excluding hydrogens is 340 g/mol. The van der Waals surface area contributed by atoms with Crippen LogP contribution in [-0.4, -0.2) is 60.0 Å². The highest BCUT2D eigenvalue weighted by molar-refractivity contribution is 5.95. The molecule has 6 heteroatoms. The van der Waals surface area contributed by atoms with E-state index in [0.717, 1.165) is 62.8 Å². The molecule has 2 aromatic rings. The molecule has 0 unspecified atom stereocenters. The molecule has 1 fully saturated rings. The van der Waals surface area contributed by atoms with Gasteiger partial charge in [0, 0.05) is 50.6 Å². The standard InChI is InChI=1S/C21H28N4O2/c1-2-20(26)18-6-8-19(9-7-18)27-17-4-3-12-24-13-15-25(16-14-24)21-22-10-5-11-23-21/h5-11H,2-4,12-17H2,1H3. The van der Waals surface area contributed by atoms with Gasteiger partial charge >= 0.3 is 0 Å². The van der Waals surface area contributed by atoms with Crippen LogP contribution in [-0.2, 0) is 0 Å². The zero-order chi connectivity index (χ0) is 18.9. The summed E-state index contributed by atoms with van der Waals surface area (Å²) in [6, 6.07) is 9.30. The Kier molecular flexibility index (Phi) is 7.16. The van der Waals surface area contributed by atoms with E-state index >= 15 is 0 Å². The maximum absolute atomic E-state index is 11.6. The first-order valence-corrected chi connectivity index (χ1v) is 9.76. The van der Waals surface area contributed by atoms with E-state index in [0.29, 0.717) is 13.0 Å². The molecule has 0 aliphatic carbocycles. The second-order valence-corrected chi connectivity index (χ2v) is 6.73. The molecule has 144 valence electrons. The normalized spacial score (nSPS) is 14.9. The van der Waals surface area contributed by atoms with Crippen LogP contribution in [0.1, 0.15) is 36.5 Å². The van der Waals surface area contributed by atoms with E-state index in [4.69, 9.17) is 4.74 Å². The van der Waals surface area contributed by atoms with Crippen molar-refractivity contribution in [2.24, 2.45) is 0 Å². The van der Waals surface area contributed by atoms with Gasteiger partial charge in [-0.25, -0.2) is 9.97 Å². The smallest absolute Gasteiger partial charge is 0.225 e. The number of rotatable bonds is 9. The van der Waals surface area contributed by atoms with Gasteiger partial charge in [-0.2, -0.15) is 0 Å². The van der Waals surface area contributed by atoms with E-state index in [1.807, 2.05) is 37.3 Å². The molecule has 0 atom stereocenters. The maximum Gasteiger partial charge on any atom is 0.225 e. The molecule has 1 aliphatic rings. The molecule has 0 radical (unpaired) electrons. The third kappa shape index (κ3) is 5.76. The topological polar surface area (TPSA) is 58.6 Å². The molecule has 1 aliphatic heterocycles. The lowest BCUT2D eigenvalue weighted by atomic mass is 10.1. The largest absolute Gasteiger partial charge is 0.494 e. The average Bonchev–Trinajstić information content (AvgIpc) is 2.74. The predicted octanol–water partition coefficient (Wildman–Crippen LogP) is 3.05. The van der Waals surface area contributed by atoms with E-state index in [1.165, 1.54) is 0 Å². The van der Waals surface area contributed by atoms with Crippen LogP contribution in [0, 0.1) is 0 Å². The Bertz CT molecular complexity index is 698. The van der Waals surface area contributed by atoms with Gasteiger partial charge in [0.2, 0.25) is 5.95 Å². The van der Waals surface area contributed by atoms with Crippen molar-refractivity contribution in [3.05, 3.63) is 48.3 Å². The zero-order valence-corrected chi connectivity index (χ0v) is 16.0. The van der Waals surface area contributed by atoms with Crippen molar-refractivity contribution in [3.8, 4) is 5.75 Å². The fraction of sp³-hybridized carbons (Fsp3) is 0.476. The van der Waals surface area contributed by atoms with Crippen LogP contribution in [0.15, 0.2) is 42.7 Å². The lowest BCUT2D eigenvalue weighted by Crippen LogP contribution is -2.47. The third-order valence-corrected chi connectivity index (χ3v) is 4.84. The van der Waals surface area contributed by atoms with Gasteiger partial charge in [0.05, 0.1) is 6.61 Å². The van der Waals surface area contributed by atoms with Gasteiger partial charge in [0.15, 0.2) is 5.78 Å². The monoisotopic (exact) mass is 368 g/mol. The summed E-state index contributed by atoms with van der Waals surface area (Å²) in [5.74, 6) is 1.83. The Hall–Kier alpha value is -2.47. The van der Waals surface area contributed by atoms with Crippen molar-refractivity contribution in [3.63, 3.8) is 0 Å². The summed E-state index contributed by atoms with van der Waals surface area (Å²) >= 11 is 0. The minimum atomic E-state index is 0.167. The van der Waals surface area contributed by atoms with Gasteiger partial charge in [-0.15, -0.1) is 0 Å². The summed E-state index contributed by atoms with van der Waals surface area (Å²) in [5.41, 5.74) is 0.755. The summed E-state index contributed by atoms with van der Waals surface area (Å²) in [6.45, 7) is 7.72. The second-order valence-electron chi connectivity index (χ2n) is 6.73. The van der Waals surface area contributed by atoms with Crippen LogP contribution in [0.2, 0.25) is 0 Å². The molecule has 2 heterocycles. The molecule has 1 aromatic carbocycles. The van der Waals surface area contributed by atoms with Crippen LogP contribution in [0.5, 0.6) is 5.75 Å². The molecule has 0 bridgehead atoms. The van der Waals surface area contributed by atoms with Crippen LogP contribution in [0.4, 0.5) is 5.95 Å². The summed E-state index contributed by atoms with van der Waals surface area (Å²) in [4.78, 5) is 25.0. The molecule has 0 amide bonds. The average molecular weight is 368 g/mol. The lowest BCUT2D eigenvalue weighted by molar-refractivity contribution is 0.0988. The Morgan fingerprint density at radius 1 is 1.04 bits per heavy atom. The highest BCUT2D eigenvalue weighted by Gasteiger charge is 2.18. The van der Waals surface area contributed by atoms with E-state index in [9.17, 15) is 4.79 Å². The predicted molar refractivity (Wildman–Crippen MR) is 106 cm³/mol. The van der Waals surface area contributed by atoms with Gasteiger partial charge in [-0.1, -0.05) is 6.92 Å². The first kappa shape index (κ1) is 19.3. The number of anilines is 1. The number of carbonyl (C=O) groups is 1. The Labute approximate surface area is 161 Å². The van der Waals surface area contributed by atoms with Crippen molar-refractivity contribution in [2.75, 3.05) is 44.2 Å². The van der Waals surface area contributed by atoms with Gasteiger partial charge in [0.1, 0.15) is 5.75 Å². The summed E-state index contributed by atoms with van der Waals surface area (Å²) < 4.78 is 5.78. The second kappa shape index (κ2) is 10.0. The number of piperazine rings is 1. The minimum Gasteiger partial charge on any atom is -0.494 e.